The Kier molecular flexibility index (Phi) is 5.79. The maximum Gasteiger partial charge on any atom is 0.242 e. The zero-order valence-corrected chi connectivity index (χ0v) is 11.3. The van der Waals surface area contributed by atoms with Gasteiger partial charge >= 0.3 is 0 Å². The van der Waals surface area contributed by atoms with E-state index in [2.05, 4.69) is 10.6 Å². The number of rotatable bonds is 4. The quantitative estimate of drug-likeness (QED) is 0.752. The first-order valence-corrected chi connectivity index (χ1v) is 6.04. The van der Waals surface area contributed by atoms with E-state index in [-0.39, 0.29) is 30.3 Å². The molecule has 1 aliphatic rings. The lowest BCUT2D eigenvalue weighted by Gasteiger charge is -2.15. The van der Waals surface area contributed by atoms with Crippen LogP contribution >= 0.6 is 12.4 Å². The van der Waals surface area contributed by atoms with Crippen molar-refractivity contribution in [3.63, 3.8) is 0 Å². The first-order valence-electron chi connectivity index (χ1n) is 6.04. The molecular formula is C13H18ClN3O2. The minimum Gasteiger partial charge on any atom is -0.352 e. The Morgan fingerprint density at radius 1 is 1.42 bits per heavy atom. The van der Waals surface area contributed by atoms with E-state index in [4.69, 9.17) is 5.73 Å². The molecule has 1 heterocycles. The second-order valence-corrected chi connectivity index (χ2v) is 4.42. The van der Waals surface area contributed by atoms with Crippen molar-refractivity contribution in [2.24, 2.45) is 5.73 Å². The minimum atomic E-state index is -0.402. The van der Waals surface area contributed by atoms with E-state index in [1.165, 1.54) is 0 Å². The lowest BCUT2D eigenvalue weighted by atomic mass is 10.1. The molecule has 1 aliphatic heterocycles. The van der Waals surface area contributed by atoms with Crippen molar-refractivity contribution in [1.82, 2.24) is 10.6 Å². The number of amides is 2. The Morgan fingerprint density at radius 2 is 2.11 bits per heavy atom. The Morgan fingerprint density at radius 3 is 2.68 bits per heavy atom. The van der Waals surface area contributed by atoms with Crippen molar-refractivity contribution in [2.45, 2.75) is 24.9 Å². The van der Waals surface area contributed by atoms with Crippen LogP contribution in [0.25, 0.3) is 0 Å². The van der Waals surface area contributed by atoms with Crippen molar-refractivity contribution >= 4 is 24.2 Å². The molecule has 1 saturated heterocycles. The highest BCUT2D eigenvalue weighted by atomic mass is 35.5. The van der Waals surface area contributed by atoms with Gasteiger partial charge in [0.15, 0.2) is 0 Å². The second kappa shape index (κ2) is 7.11. The highest BCUT2D eigenvalue weighted by Gasteiger charge is 2.27. The summed E-state index contributed by atoms with van der Waals surface area (Å²) >= 11 is 0. The van der Waals surface area contributed by atoms with Crippen molar-refractivity contribution in [3.8, 4) is 0 Å². The van der Waals surface area contributed by atoms with E-state index in [1.807, 2.05) is 30.3 Å². The van der Waals surface area contributed by atoms with Crippen LogP contribution in [-0.2, 0) is 9.59 Å². The molecule has 1 aromatic carbocycles. The molecule has 6 heteroatoms. The summed E-state index contributed by atoms with van der Waals surface area (Å²) in [5, 5.41) is 5.39. The maximum atomic E-state index is 11.7. The molecule has 1 fully saturated rings. The zero-order valence-electron chi connectivity index (χ0n) is 10.5. The molecule has 0 radical (unpaired) electrons. The molecule has 0 spiro atoms. The molecule has 19 heavy (non-hydrogen) atoms. The summed E-state index contributed by atoms with van der Waals surface area (Å²) in [6.45, 7) is 0.370. The summed E-state index contributed by atoms with van der Waals surface area (Å²) in [6.07, 6.45) is 0.980. The van der Waals surface area contributed by atoms with Gasteiger partial charge in [-0.1, -0.05) is 30.3 Å². The van der Waals surface area contributed by atoms with Crippen LogP contribution in [0.2, 0.25) is 0 Å². The number of carbonyl (C=O) groups excluding carboxylic acids is 2. The van der Waals surface area contributed by atoms with Gasteiger partial charge in [0, 0.05) is 19.0 Å². The van der Waals surface area contributed by atoms with Gasteiger partial charge in [-0.2, -0.15) is 0 Å². The molecule has 1 aromatic rings. The fraction of sp³-hybridized carbons (Fsp3) is 0.385. The maximum absolute atomic E-state index is 11.7. The Bertz CT molecular complexity index is 439. The molecule has 2 amide bonds. The van der Waals surface area contributed by atoms with E-state index in [0.29, 0.717) is 19.4 Å². The van der Waals surface area contributed by atoms with Crippen LogP contribution in [0.5, 0.6) is 0 Å². The SMILES string of the molecule is Cl.NC(CNC(=O)C1CCC(=O)N1)c1ccccc1. The molecule has 5 nitrogen and oxygen atoms in total. The molecule has 2 rings (SSSR count). The van der Waals surface area contributed by atoms with Crippen LogP contribution in [0.3, 0.4) is 0 Å². The molecule has 2 atom stereocenters. The summed E-state index contributed by atoms with van der Waals surface area (Å²) in [5.74, 6) is -0.227. The molecule has 0 aromatic heterocycles. The van der Waals surface area contributed by atoms with Crippen molar-refractivity contribution < 1.29 is 9.59 Å². The van der Waals surface area contributed by atoms with Gasteiger partial charge in [0.05, 0.1) is 0 Å². The summed E-state index contributed by atoms with van der Waals surface area (Å²) in [4.78, 5) is 22.7. The van der Waals surface area contributed by atoms with Crippen LogP contribution in [-0.4, -0.2) is 24.4 Å². The lowest BCUT2D eigenvalue weighted by molar-refractivity contribution is -0.125. The molecule has 0 aliphatic carbocycles. The highest BCUT2D eigenvalue weighted by Crippen LogP contribution is 2.09. The number of carbonyl (C=O) groups is 2. The molecule has 2 unspecified atom stereocenters. The van der Waals surface area contributed by atoms with Crippen LogP contribution in [0, 0.1) is 0 Å². The van der Waals surface area contributed by atoms with E-state index >= 15 is 0 Å². The fourth-order valence-corrected chi connectivity index (χ4v) is 1.96. The third kappa shape index (κ3) is 4.22. The largest absolute Gasteiger partial charge is 0.352 e. The van der Waals surface area contributed by atoms with E-state index in [1.54, 1.807) is 0 Å². The lowest BCUT2D eigenvalue weighted by Crippen LogP contribution is -2.43. The summed E-state index contributed by atoms with van der Waals surface area (Å²) in [5.41, 5.74) is 6.95. The zero-order chi connectivity index (χ0) is 13.0. The van der Waals surface area contributed by atoms with E-state index < -0.39 is 6.04 Å². The van der Waals surface area contributed by atoms with Gasteiger partial charge in [-0.3, -0.25) is 9.59 Å². The monoisotopic (exact) mass is 283 g/mol. The third-order valence-electron chi connectivity index (χ3n) is 3.04. The minimum absolute atomic E-state index is 0. The summed E-state index contributed by atoms with van der Waals surface area (Å²) < 4.78 is 0. The van der Waals surface area contributed by atoms with Gasteiger partial charge in [-0.05, 0) is 12.0 Å². The summed E-state index contributed by atoms with van der Waals surface area (Å²) in [6, 6.07) is 8.96. The predicted molar refractivity (Wildman–Crippen MR) is 74.8 cm³/mol. The van der Waals surface area contributed by atoms with Gasteiger partial charge in [0.2, 0.25) is 11.8 Å². The normalized spacial score (nSPS) is 19.2. The average Bonchev–Trinajstić information content (AvgIpc) is 2.83. The third-order valence-corrected chi connectivity index (χ3v) is 3.04. The van der Waals surface area contributed by atoms with Gasteiger partial charge < -0.3 is 16.4 Å². The molecule has 0 bridgehead atoms. The first kappa shape index (κ1) is 15.5. The number of halogens is 1. The van der Waals surface area contributed by atoms with Crippen LogP contribution in [0.4, 0.5) is 0 Å². The second-order valence-electron chi connectivity index (χ2n) is 4.42. The number of benzene rings is 1. The highest BCUT2D eigenvalue weighted by molar-refractivity contribution is 5.90. The number of hydrogen-bond acceptors (Lipinski definition) is 3. The van der Waals surface area contributed by atoms with Gasteiger partial charge in [0.25, 0.3) is 0 Å². The van der Waals surface area contributed by atoms with Crippen molar-refractivity contribution in [3.05, 3.63) is 35.9 Å². The Balaban J connectivity index is 0.00000180. The van der Waals surface area contributed by atoms with Crippen LogP contribution in [0.1, 0.15) is 24.4 Å². The van der Waals surface area contributed by atoms with Crippen LogP contribution < -0.4 is 16.4 Å². The van der Waals surface area contributed by atoms with Gasteiger partial charge in [-0.15, -0.1) is 12.4 Å². The predicted octanol–water partition coefficient (Wildman–Crippen LogP) is 0.503. The van der Waals surface area contributed by atoms with Crippen molar-refractivity contribution in [2.75, 3.05) is 6.54 Å². The molecular weight excluding hydrogens is 266 g/mol. The van der Waals surface area contributed by atoms with Crippen molar-refractivity contribution in [1.29, 1.82) is 0 Å². The Hall–Kier alpha value is -1.59. The smallest absolute Gasteiger partial charge is 0.242 e. The number of hydrogen-bond donors (Lipinski definition) is 3. The molecule has 104 valence electrons. The fourth-order valence-electron chi connectivity index (χ4n) is 1.96. The standard InChI is InChI=1S/C13H17N3O2.ClH/c14-10(9-4-2-1-3-5-9)8-15-13(18)11-6-7-12(17)16-11;/h1-5,10-11H,6-8,14H2,(H,15,18)(H,16,17);1H. The average molecular weight is 284 g/mol. The van der Waals surface area contributed by atoms with Gasteiger partial charge in [0.1, 0.15) is 6.04 Å². The molecule has 4 N–H and O–H groups in total. The van der Waals surface area contributed by atoms with E-state index in [0.717, 1.165) is 5.56 Å². The van der Waals surface area contributed by atoms with Gasteiger partial charge in [-0.25, -0.2) is 0 Å². The first-order chi connectivity index (χ1) is 8.66. The molecule has 0 saturated carbocycles. The number of nitrogens with two attached hydrogens (primary N) is 1. The Labute approximate surface area is 118 Å². The number of nitrogens with one attached hydrogen (secondary N) is 2. The summed E-state index contributed by atoms with van der Waals surface area (Å²) in [7, 11) is 0. The van der Waals surface area contributed by atoms with E-state index in [9.17, 15) is 9.59 Å². The topological polar surface area (TPSA) is 84.2 Å². The van der Waals surface area contributed by atoms with Crippen LogP contribution in [0.15, 0.2) is 30.3 Å².